The van der Waals surface area contributed by atoms with Crippen molar-refractivity contribution in [2.24, 2.45) is 0 Å². The average Bonchev–Trinajstić information content (AvgIpc) is 2.51. The Balaban J connectivity index is 2.13. The lowest BCUT2D eigenvalue weighted by molar-refractivity contribution is 0.315. The van der Waals surface area contributed by atoms with Gasteiger partial charge < -0.3 is 10.1 Å². The highest BCUT2D eigenvalue weighted by molar-refractivity contribution is 5.28. The van der Waals surface area contributed by atoms with Crippen LogP contribution in [-0.4, -0.2) is 18.6 Å². The van der Waals surface area contributed by atoms with Crippen molar-refractivity contribution in [2.75, 3.05) is 13.7 Å². The molecular formula is C17H21FN2O. The molecule has 0 aliphatic rings. The molecule has 0 amide bonds. The van der Waals surface area contributed by atoms with E-state index in [2.05, 4.69) is 17.2 Å². The van der Waals surface area contributed by atoms with Crippen LogP contribution in [0.15, 0.2) is 42.7 Å². The fourth-order valence-corrected chi connectivity index (χ4v) is 2.21. The summed E-state index contributed by atoms with van der Waals surface area (Å²) in [4.78, 5) is 4.23. The summed E-state index contributed by atoms with van der Waals surface area (Å²) < 4.78 is 18.9. The Hall–Kier alpha value is -1.94. The summed E-state index contributed by atoms with van der Waals surface area (Å²) in [7, 11) is 1.89. The largest absolute Gasteiger partial charge is 0.492 e. The Kier molecular flexibility index (Phi) is 5.69. The summed E-state index contributed by atoms with van der Waals surface area (Å²) in [6.45, 7) is 2.75. The zero-order valence-electron chi connectivity index (χ0n) is 12.5. The Morgan fingerprint density at radius 2 is 2.14 bits per heavy atom. The fourth-order valence-electron chi connectivity index (χ4n) is 2.21. The number of hydrogen-bond acceptors (Lipinski definition) is 3. The van der Waals surface area contributed by atoms with Crippen molar-refractivity contribution in [3.63, 3.8) is 0 Å². The van der Waals surface area contributed by atoms with Crippen LogP contribution >= 0.6 is 0 Å². The third-order valence-electron chi connectivity index (χ3n) is 3.29. The van der Waals surface area contributed by atoms with Crippen molar-refractivity contribution in [1.29, 1.82) is 0 Å². The predicted molar refractivity (Wildman–Crippen MR) is 81.9 cm³/mol. The highest BCUT2D eigenvalue weighted by Gasteiger charge is 2.12. The van der Waals surface area contributed by atoms with Crippen LogP contribution in [0.4, 0.5) is 4.39 Å². The van der Waals surface area contributed by atoms with Gasteiger partial charge in [0, 0.05) is 12.2 Å². The first-order chi connectivity index (χ1) is 10.2. The molecule has 1 aromatic carbocycles. The topological polar surface area (TPSA) is 34.1 Å². The maximum Gasteiger partial charge on any atom is 0.137 e. The van der Waals surface area contributed by atoms with Crippen molar-refractivity contribution >= 4 is 0 Å². The van der Waals surface area contributed by atoms with E-state index in [1.54, 1.807) is 18.3 Å². The maximum atomic E-state index is 13.3. The molecule has 1 unspecified atom stereocenters. The number of nitrogens with zero attached hydrogens (tertiary/aromatic N) is 1. The second-order valence-corrected chi connectivity index (χ2v) is 4.98. The standard InChI is InChI=1S/C17H21FN2O/c1-3-7-21-16-10-14(11-20-12-16)17(19-2)9-13-5-4-6-15(18)8-13/h4-6,8,10-12,17,19H,3,7,9H2,1-2H3. The second-order valence-electron chi connectivity index (χ2n) is 4.98. The lowest BCUT2D eigenvalue weighted by Gasteiger charge is -2.17. The molecule has 112 valence electrons. The monoisotopic (exact) mass is 288 g/mol. The number of benzene rings is 1. The first-order valence-corrected chi connectivity index (χ1v) is 7.22. The SMILES string of the molecule is CCCOc1cncc(C(Cc2cccc(F)c2)NC)c1. The normalized spacial score (nSPS) is 12.1. The van der Waals surface area contributed by atoms with Crippen molar-refractivity contribution in [1.82, 2.24) is 10.3 Å². The first kappa shape index (κ1) is 15.4. The highest BCUT2D eigenvalue weighted by Crippen LogP contribution is 2.21. The van der Waals surface area contributed by atoms with Gasteiger partial charge in [-0.25, -0.2) is 4.39 Å². The van der Waals surface area contributed by atoms with Gasteiger partial charge in [-0.3, -0.25) is 4.98 Å². The summed E-state index contributed by atoms with van der Waals surface area (Å²) in [5.41, 5.74) is 1.99. The van der Waals surface area contributed by atoms with Crippen molar-refractivity contribution in [2.45, 2.75) is 25.8 Å². The molecule has 2 aromatic rings. The van der Waals surface area contributed by atoms with E-state index in [-0.39, 0.29) is 11.9 Å². The molecule has 4 heteroatoms. The van der Waals surface area contributed by atoms with Gasteiger partial charge in [-0.1, -0.05) is 19.1 Å². The number of pyridine rings is 1. The Bertz CT molecular complexity index is 574. The van der Waals surface area contributed by atoms with Gasteiger partial charge in [0.2, 0.25) is 0 Å². The summed E-state index contributed by atoms with van der Waals surface area (Å²) >= 11 is 0. The Labute approximate surface area is 125 Å². The summed E-state index contributed by atoms with van der Waals surface area (Å²) in [6, 6.07) is 8.75. The van der Waals surface area contributed by atoms with Crippen molar-refractivity contribution in [3.8, 4) is 5.75 Å². The highest BCUT2D eigenvalue weighted by atomic mass is 19.1. The summed E-state index contributed by atoms with van der Waals surface area (Å²) in [5.74, 6) is 0.564. The van der Waals surface area contributed by atoms with Crippen molar-refractivity contribution < 1.29 is 9.13 Å². The number of likely N-dealkylation sites (N-methyl/N-ethyl adjacent to an activating group) is 1. The number of hydrogen-bond donors (Lipinski definition) is 1. The van der Waals surface area contributed by atoms with Crippen LogP contribution in [0.1, 0.15) is 30.5 Å². The molecule has 0 radical (unpaired) electrons. The number of nitrogens with one attached hydrogen (secondary N) is 1. The molecule has 0 saturated carbocycles. The molecule has 2 rings (SSSR count). The van der Waals surface area contributed by atoms with E-state index in [9.17, 15) is 4.39 Å². The minimum absolute atomic E-state index is 0.0736. The van der Waals surface area contributed by atoms with E-state index in [1.165, 1.54) is 6.07 Å². The third-order valence-corrected chi connectivity index (χ3v) is 3.29. The van der Waals surface area contributed by atoms with Gasteiger partial charge in [0.25, 0.3) is 0 Å². The molecule has 1 aromatic heterocycles. The molecular weight excluding hydrogens is 267 g/mol. The zero-order chi connectivity index (χ0) is 15.1. The van der Waals surface area contributed by atoms with Crippen LogP contribution in [0.3, 0.4) is 0 Å². The smallest absolute Gasteiger partial charge is 0.137 e. The molecule has 1 N–H and O–H groups in total. The van der Waals surface area contributed by atoms with Gasteiger partial charge in [0.15, 0.2) is 0 Å². The van der Waals surface area contributed by atoms with E-state index in [4.69, 9.17) is 4.74 Å². The quantitative estimate of drug-likeness (QED) is 0.846. The van der Waals surface area contributed by atoms with Crippen LogP contribution in [0.25, 0.3) is 0 Å². The van der Waals surface area contributed by atoms with E-state index >= 15 is 0 Å². The fraction of sp³-hybridized carbons (Fsp3) is 0.353. The Morgan fingerprint density at radius 3 is 2.86 bits per heavy atom. The van der Waals surface area contributed by atoms with Crippen LogP contribution in [0.5, 0.6) is 5.75 Å². The average molecular weight is 288 g/mol. The predicted octanol–water partition coefficient (Wildman–Crippen LogP) is 3.51. The minimum atomic E-state index is -0.208. The van der Waals surface area contributed by atoms with Gasteiger partial charge in [-0.05, 0) is 49.2 Å². The number of rotatable bonds is 7. The molecule has 1 atom stereocenters. The van der Waals surface area contributed by atoms with Crippen LogP contribution in [-0.2, 0) is 6.42 Å². The maximum absolute atomic E-state index is 13.3. The molecule has 0 aliphatic heterocycles. The lowest BCUT2D eigenvalue weighted by atomic mass is 10.0. The van der Waals surface area contributed by atoms with E-state index in [0.717, 1.165) is 23.3 Å². The van der Waals surface area contributed by atoms with E-state index < -0.39 is 0 Å². The van der Waals surface area contributed by atoms with Gasteiger partial charge >= 0.3 is 0 Å². The second kappa shape index (κ2) is 7.74. The van der Waals surface area contributed by atoms with Gasteiger partial charge in [0.05, 0.1) is 12.8 Å². The molecule has 0 saturated heterocycles. The molecule has 0 spiro atoms. The van der Waals surface area contributed by atoms with Crippen LogP contribution in [0.2, 0.25) is 0 Å². The number of halogens is 1. The zero-order valence-corrected chi connectivity index (χ0v) is 12.5. The number of aromatic nitrogens is 1. The lowest BCUT2D eigenvalue weighted by Crippen LogP contribution is -2.19. The van der Waals surface area contributed by atoms with Gasteiger partial charge in [-0.15, -0.1) is 0 Å². The molecule has 21 heavy (non-hydrogen) atoms. The molecule has 1 heterocycles. The van der Waals surface area contributed by atoms with Crippen LogP contribution < -0.4 is 10.1 Å². The molecule has 0 bridgehead atoms. The molecule has 3 nitrogen and oxygen atoms in total. The first-order valence-electron chi connectivity index (χ1n) is 7.22. The molecule has 0 fully saturated rings. The number of ether oxygens (including phenoxy) is 1. The summed E-state index contributed by atoms with van der Waals surface area (Å²) in [6.07, 6.45) is 5.20. The van der Waals surface area contributed by atoms with E-state index in [0.29, 0.717) is 13.0 Å². The van der Waals surface area contributed by atoms with Crippen LogP contribution in [0, 0.1) is 5.82 Å². The summed E-state index contributed by atoms with van der Waals surface area (Å²) in [5, 5.41) is 3.25. The third kappa shape index (κ3) is 4.53. The molecule has 0 aliphatic carbocycles. The van der Waals surface area contributed by atoms with Crippen molar-refractivity contribution in [3.05, 3.63) is 59.7 Å². The van der Waals surface area contributed by atoms with E-state index in [1.807, 2.05) is 25.4 Å². The van der Waals surface area contributed by atoms with Gasteiger partial charge in [-0.2, -0.15) is 0 Å². The Morgan fingerprint density at radius 1 is 1.29 bits per heavy atom. The van der Waals surface area contributed by atoms with Gasteiger partial charge in [0.1, 0.15) is 11.6 Å². The minimum Gasteiger partial charge on any atom is -0.492 e.